The van der Waals surface area contributed by atoms with Gasteiger partial charge in [0.2, 0.25) is 11.8 Å². The normalized spacial score (nSPS) is 21.8. The predicted molar refractivity (Wildman–Crippen MR) is 120 cm³/mol. The number of hydrogen-bond donors (Lipinski definition) is 1. The van der Waals surface area contributed by atoms with Crippen molar-refractivity contribution in [2.75, 3.05) is 13.1 Å². The number of aromatic amines is 1. The van der Waals surface area contributed by atoms with E-state index in [0.29, 0.717) is 43.1 Å². The molecule has 1 N–H and O–H groups in total. The molecule has 5 rings (SSSR count). The lowest BCUT2D eigenvalue weighted by atomic mass is 9.97. The van der Waals surface area contributed by atoms with Crippen molar-refractivity contribution in [2.45, 2.75) is 83.7 Å². The largest absolute Gasteiger partial charge is 0.338 e. The molecule has 0 radical (unpaired) electrons. The Morgan fingerprint density at radius 1 is 1.12 bits per heavy atom. The van der Waals surface area contributed by atoms with Crippen molar-refractivity contribution in [3.05, 3.63) is 33.4 Å². The van der Waals surface area contributed by atoms with Crippen LogP contribution in [0.2, 0.25) is 0 Å². The Morgan fingerprint density at radius 3 is 2.69 bits per heavy atom. The lowest BCUT2D eigenvalue weighted by Crippen LogP contribution is -2.39. The molecule has 0 bridgehead atoms. The van der Waals surface area contributed by atoms with Gasteiger partial charge in [-0.05, 0) is 31.6 Å². The van der Waals surface area contributed by atoms with Crippen LogP contribution in [-0.2, 0) is 22.6 Å². The highest BCUT2D eigenvalue weighted by atomic mass is 16.2. The number of fused-ring (bicyclic) bond motifs is 2. The predicted octanol–water partition coefficient (Wildman–Crippen LogP) is 2.95. The van der Waals surface area contributed by atoms with Crippen LogP contribution in [0.25, 0.3) is 5.65 Å². The Balaban J connectivity index is 1.40. The quantitative estimate of drug-likeness (QED) is 0.793. The number of nitrogens with zero attached hydrogens (tertiary/aromatic N) is 4. The molecule has 2 amide bonds. The number of carbonyl (C=O) groups excluding carboxylic acids is 2. The summed E-state index contributed by atoms with van der Waals surface area (Å²) in [6.07, 6.45) is 10.3. The molecule has 32 heavy (non-hydrogen) atoms. The fraction of sp³-hybridized carbons (Fsp3) is 0.667. The summed E-state index contributed by atoms with van der Waals surface area (Å²) in [5, 5.41) is 3.25. The first-order chi connectivity index (χ1) is 15.5. The summed E-state index contributed by atoms with van der Waals surface area (Å²) in [4.78, 5) is 46.5. The van der Waals surface area contributed by atoms with Gasteiger partial charge in [-0.2, -0.15) is 0 Å². The number of piperidine rings is 1. The summed E-state index contributed by atoms with van der Waals surface area (Å²) in [5.41, 5.74) is 2.71. The van der Waals surface area contributed by atoms with Gasteiger partial charge >= 0.3 is 0 Å². The highest BCUT2D eigenvalue weighted by Gasteiger charge is 2.31. The Morgan fingerprint density at radius 2 is 1.91 bits per heavy atom. The summed E-state index contributed by atoms with van der Waals surface area (Å²) in [6.45, 7) is 3.20. The maximum atomic E-state index is 13.2. The number of aromatic nitrogens is 3. The summed E-state index contributed by atoms with van der Waals surface area (Å²) in [5.74, 6) is 0.914. The van der Waals surface area contributed by atoms with Crippen LogP contribution in [0.15, 0.2) is 10.9 Å². The molecule has 2 aliphatic heterocycles. The van der Waals surface area contributed by atoms with Gasteiger partial charge in [-0.1, -0.05) is 25.7 Å². The highest BCUT2D eigenvalue weighted by Crippen LogP contribution is 2.33. The zero-order chi connectivity index (χ0) is 22.2. The molecule has 4 heterocycles. The van der Waals surface area contributed by atoms with E-state index in [-0.39, 0.29) is 23.4 Å². The number of amides is 2. The summed E-state index contributed by atoms with van der Waals surface area (Å²) in [7, 11) is 0. The van der Waals surface area contributed by atoms with Crippen LogP contribution in [0.5, 0.6) is 0 Å². The van der Waals surface area contributed by atoms with E-state index >= 15 is 0 Å². The number of H-pyrrole nitrogens is 1. The molecule has 1 saturated carbocycles. The van der Waals surface area contributed by atoms with Crippen molar-refractivity contribution >= 4 is 17.5 Å². The highest BCUT2D eigenvalue weighted by molar-refractivity contribution is 5.77. The molecule has 3 aliphatic rings. The summed E-state index contributed by atoms with van der Waals surface area (Å²) >= 11 is 0. The number of carbonyl (C=O) groups is 2. The maximum Gasteiger partial charge on any atom is 0.277 e. The second kappa shape index (κ2) is 8.71. The van der Waals surface area contributed by atoms with Crippen LogP contribution in [-0.4, -0.2) is 49.3 Å². The Labute approximate surface area is 188 Å². The van der Waals surface area contributed by atoms with E-state index in [4.69, 9.17) is 4.98 Å². The third-order valence-electron chi connectivity index (χ3n) is 7.65. The van der Waals surface area contributed by atoms with Gasteiger partial charge in [0.1, 0.15) is 0 Å². The Bertz CT molecular complexity index is 1080. The van der Waals surface area contributed by atoms with E-state index in [1.54, 1.807) is 4.90 Å². The van der Waals surface area contributed by atoms with Gasteiger partial charge in [-0.15, -0.1) is 0 Å². The van der Waals surface area contributed by atoms with Gasteiger partial charge in [0.15, 0.2) is 5.65 Å². The lowest BCUT2D eigenvalue weighted by molar-refractivity contribution is -0.135. The van der Waals surface area contributed by atoms with E-state index in [2.05, 4.69) is 5.10 Å². The minimum Gasteiger partial charge on any atom is -0.338 e. The minimum absolute atomic E-state index is 0.0266. The molecule has 8 heteroatoms. The lowest BCUT2D eigenvalue weighted by Gasteiger charge is -2.35. The Hall–Kier alpha value is -2.64. The van der Waals surface area contributed by atoms with Crippen LogP contribution in [0.4, 0.5) is 0 Å². The second-order valence-electron chi connectivity index (χ2n) is 9.73. The topological polar surface area (TPSA) is 90.8 Å². The van der Waals surface area contributed by atoms with Gasteiger partial charge in [0.05, 0.1) is 29.5 Å². The third kappa shape index (κ3) is 3.95. The van der Waals surface area contributed by atoms with E-state index in [1.807, 2.05) is 11.0 Å². The summed E-state index contributed by atoms with van der Waals surface area (Å²) < 4.78 is 1.49. The molecule has 0 aromatic carbocycles. The first-order valence-corrected chi connectivity index (χ1v) is 12.2. The van der Waals surface area contributed by atoms with Crippen molar-refractivity contribution in [2.24, 2.45) is 5.92 Å². The fourth-order valence-electron chi connectivity index (χ4n) is 5.76. The number of hydrogen-bond acceptors (Lipinski definition) is 4. The zero-order valence-corrected chi connectivity index (χ0v) is 18.9. The number of rotatable bonds is 4. The minimum atomic E-state index is -0.142. The second-order valence-corrected chi connectivity index (χ2v) is 9.73. The van der Waals surface area contributed by atoms with Crippen LogP contribution in [0.3, 0.4) is 0 Å². The molecule has 1 saturated heterocycles. The first-order valence-electron chi connectivity index (χ1n) is 12.2. The molecule has 1 aliphatic carbocycles. The smallest absolute Gasteiger partial charge is 0.277 e. The standard InChI is InChI=1S/C24H33N5O3/c1-16(30)27-13-11-19-18(15-27)24(32)29-22(25-19)14-20(26-29)21-8-4-5-12-28(21)23(31)10-9-17-6-2-3-7-17/h14,17,21,26H,2-13,15H2,1H3. The molecule has 2 aromatic heterocycles. The zero-order valence-electron chi connectivity index (χ0n) is 18.9. The number of nitrogens with one attached hydrogen (secondary N) is 1. The average molecular weight is 440 g/mol. The molecule has 8 nitrogen and oxygen atoms in total. The van der Waals surface area contributed by atoms with Crippen LogP contribution in [0.1, 0.15) is 87.7 Å². The first kappa shape index (κ1) is 21.2. The van der Waals surface area contributed by atoms with Gasteiger partial charge in [0, 0.05) is 38.9 Å². The molecule has 2 aromatic rings. The molecule has 0 spiro atoms. The fourth-order valence-corrected chi connectivity index (χ4v) is 5.76. The van der Waals surface area contributed by atoms with E-state index in [0.717, 1.165) is 43.6 Å². The Kier molecular flexibility index (Phi) is 5.78. The summed E-state index contributed by atoms with van der Waals surface area (Å²) in [6, 6.07) is 1.90. The van der Waals surface area contributed by atoms with Gasteiger partial charge in [-0.25, -0.2) is 9.50 Å². The van der Waals surface area contributed by atoms with Crippen molar-refractivity contribution in [1.82, 2.24) is 24.4 Å². The van der Waals surface area contributed by atoms with E-state index in [9.17, 15) is 14.4 Å². The SMILES string of the molecule is CC(=O)N1CCc2nc3cc(C4CCCCN4C(=O)CCC4CCCC4)[nH]n3c(=O)c2C1. The van der Waals surface area contributed by atoms with Crippen molar-refractivity contribution < 1.29 is 9.59 Å². The van der Waals surface area contributed by atoms with Crippen LogP contribution in [0, 0.1) is 5.92 Å². The van der Waals surface area contributed by atoms with Crippen LogP contribution >= 0.6 is 0 Å². The molecule has 1 atom stereocenters. The molecular weight excluding hydrogens is 406 g/mol. The molecule has 1 unspecified atom stereocenters. The average Bonchev–Trinajstić information content (AvgIpc) is 3.47. The number of likely N-dealkylation sites (tertiary alicyclic amines) is 1. The monoisotopic (exact) mass is 439 g/mol. The van der Waals surface area contributed by atoms with Gasteiger partial charge in [-0.3, -0.25) is 19.5 Å². The van der Waals surface area contributed by atoms with Crippen molar-refractivity contribution in [3.63, 3.8) is 0 Å². The van der Waals surface area contributed by atoms with E-state index < -0.39 is 0 Å². The van der Waals surface area contributed by atoms with Crippen molar-refractivity contribution in [1.29, 1.82) is 0 Å². The molecule has 172 valence electrons. The van der Waals surface area contributed by atoms with Crippen molar-refractivity contribution in [3.8, 4) is 0 Å². The van der Waals surface area contributed by atoms with Gasteiger partial charge in [0.25, 0.3) is 5.56 Å². The van der Waals surface area contributed by atoms with E-state index in [1.165, 1.54) is 37.1 Å². The molecular formula is C24H33N5O3. The molecule has 2 fully saturated rings. The maximum absolute atomic E-state index is 13.2. The van der Waals surface area contributed by atoms with Crippen LogP contribution < -0.4 is 5.56 Å². The van der Waals surface area contributed by atoms with Gasteiger partial charge < -0.3 is 9.80 Å². The third-order valence-corrected chi connectivity index (χ3v) is 7.65.